The molecular formula is C9H14N3O8P. The molecule has 0 aliphatic carbocycles. The number of nitrogens with two attached hydrogens (primary N) is 1. The number of nitrogens with zero attached hydrogens (tertiary/aromatic N) is 2. The van der Waals surface area contributed by atoms with E-state index >= 15 is 0 Å². The van der Waals surface area contributed by atoms with Crippen molar-refractivity contribution in [3.63, 3.8) is 0 Å². The molecule has 0 unspecified atom stereocenters. The van der Waals surface area contributed by atoms with E-state index in [-0.39, 0.29) is 5.82 Å². The molecule has 0 bridgehead atoms. The molecule has 2 rings (SSSR count). The third-order valence-corrected chi connectivity index (χ3v) is 4.73. The minimum absolute atomic E-state index is 0.104. The fraction of sp³-hybridized carbons (Fsp3) is 0.556. The first-order valence-corrected chi connectivity index (χ1v) is 7.31. The van der Waals surface area contributed by atoms with Crippen molar-refractivity contribution in [3.8, 4) is 0 Å². The van der Waals surface area contributed by atoms with Crippen molar-refractivity contribution in [2.75, 3.05) is 12.3 Å². The number of aromatic nitrogens is 2. The summed E-state index contributed by atoms with van der Waals surface area (Å²) in [6, 6.07) is 1.19. The minimum atomic E-state index is -5.28. The Labute approximate surface area is 117 Å². The molecule has 0 saturated carbocycles. The highest BCUT2D eigenvalue weighted by Crippen LogP contribution is 2.58. The summed E-state index contributed by atoms with van der Waals surface area (Å²) in [6.45, 7) is -0.980. The van der Waals surface area contributed by atoms with Crippen LogP contribution in [0.25, 0.3) is 0 Å². The lowest BCUT2D eigenvalue weighted by Crippen LogP contribution is -2.49. The fourth-order valence-corrected chi connectivity index (χ4v) is 3.11. The summed E-state index contributed by atoms with van der Waals surface area (Å²) < 4.78 is 17.1. The van der Waals surface area contributed by atoms with Crippen LogP contribution in [-0.4, -0.2) is 58.8 Å². The number of hydrogen-bond acceptors (Lipinski definition) is 8. The first-order valence-electron chi connectivity index (χ1n) is 5.70. The first kappa shape index (κ1) is 16.0. The number of aliphatic hydroxyl groups is 3. The molecule has 2 heterocycles. The normalized spacial score (nSPS) is 33.3. The van der Waals surface area contributed by atoms with Gasteiger partial charge in [0.15, 0.2) is 6.23 Å². The van der Waals surface area contributed by atoms with Gasteiger partial charge in [-0.2, -0.15) is 4.98 Å². The van der Waals surface area contributed by atoms with E-state index in [0.29, 0.717) is 4.57 Å². The summed E-state index contributed by atoms with van der Waals surface area (Å²) in [4.78, 5) is 33.5. The lowest BCUT2D eigenvalue weighted by atomic mass is 10.1. The van der Waals surface area contributed by atoms with Crippen molar-refractivity contribution in [1.82, 2.24) is 9.55 Å². The Balaban J connectivity index is 2.50. The standard InChI is InChI=1S/C9H14N3O8P/c10-5-1-2-12(8(15)11-5)7-6(14)9(16,21(17,18)19)4(3-13)20-7/h1-2,4,6-7,13-14,16H,3H2,(H2,10,11,15)(H2,17,18,19)/t4-,6-,7-,9-/m1/s1. The summed E-state index contributed by atoms with van der Waals surface area (Å²) in [7, 11) is -5.28. The van der Waals surface area contributed by atoms with Crippen molar-refractivity contribution in [1.29, 1.82) is 0 Å². The maximum absolute atomic E-state index is 11.7. The zero-order valence-electron chi connectivity index (χ0n) is 10.5. The van der Waals surface area contributed by atoms with E-state index in [9.17, 15) is 29.4 Å². The summed E-state index contributed by atoms with van der Waals surface area (Å²) in [5.74, 6) is -0.104. The van der Waals surface area contributed by atoms with Crippen molar-refractivity contribution in [2.45, 2.75) is 23.8 Å². The third kappa shape index (κ3) is 2.38. The highest BCUT2D eigenvalue weighted by molar-refractivity contribution is 7.53. The minimum Gasteiger partial charge on any atom is -0.394 e. The van der Waals surface area contributed by atoms with E-state index in [0.717, 1.165) is 6.20 Å². The van der Waals surface area contributed by atoms with Gasteiger partial charge in [-0.3, -0.25) is 9.13 Å². The van der Waals surface area contributed by atoms with Crippen LogP contribution in [0.15, 0.2) is 17.1 Å². The molecule has 118 valence electrons. The number of nitrogen functional groups attached to an aromatic ring is 1. The van der Waals surface area contributed by atoms with Crippen LogP contribution in [0.5, 0.6) is 0 Å². The van der Waals surface area contributed by atoms with E-state index < -0.39 is 43.7 Å². The van der Waals surface area contributed by atoms with Gasteiger partial charge in [0.05, 0.1) is 6.61 Å². The molecular weight excluding hydrogens is 309 g/mol. The van der Waals surface area contributed by atoms with Crippen LogP contribution in [-0.2, 0) is 9.30 Å². The largest absolute Gasteiger partial charge is 0.394 e. The molecule has 12 heteroatoms. The Morgan fingerprint density at radius 1 is 1.52 bits per heavy atom. The van der Waals surface area contributed by atoms with E-state index in [1.54, 1.807) is 0 Å². The summed E-state index contributed by atoms with van der Waals surface area (Å²) in [5.41, 5.74) is 4.34. The lowest BCUT2D eigenvalue weighted by molar-refractivity contribution is -0.0614. The van der Waals surface area contributed by atoms with Crippen LogP contribution in [0, 0.1) is 0 Å². The second-order valence-corrected chi connectivity index (χ2v) is 6.32. The number of hydrogen-bond donors (Lipinski definition) is 6. The molecule has 4 atom stereocenters. The maximum Gasteiger partial charge on any atom is 0.362 e. The monoisotopic (exact) mass is 323 g/mol. The molecule has 0 amide bonds. The number of aliphatic hydroxyl groups excluding tert-OH is 2. The Hall–Kier alpha value is -1.33. The van der Waals surface area contributed by atoms with Gasteiger partial charge in [-0.25, -0.2) is 4.79 Å². The van der Waals surface area contributed by atoms with Crippen molar-refractivity contribution in [3.05, 3.63) is 22.7 Å². The topological polar surface area (TPSA) is 188 Å². The summed E-state index contributed by atoms with van der Waals surface area (Å²) in [6.07, 6.45) is -4.51. The molecule has 7 N–H and O–H groups in total. The van der Waals surface area contributed by atoms with E-state index in [1.807, 2.05) is 0 Å². The van der Waals surface area contributed by atoms with Crippen LogP contribution >= 0.6 is 7.60 Å². The highest BCUT2D eigenvalue weighted by Gasteiger charge is 2.65. The summed E-state index contributed by atoms with van der Waals surface area (Å²) >= 11 is 0. The molecule has 1 aliphatic heterocycles. The molecule has 1 aliphatic rings. The van der Waals surface area contributed by atoms with Gasteiger partial charge in [-0.05, 0) is 6.07 Å². The van der Waals surface area contributed by atoms with E-state index in [1.165, 1.54) is 6.07 Å². The van der Waals surface area contributed by atoms with Gasteiger partial charge < -0.3 is 35.6 Å². The van der Waals surface area contributed by atoms with Crippen LogP contribution in [0.2, 0.25) is 0 Å². The second-order valence-electron chi connectivity index (χ2n) is 4.51. The van der Waals surface area contributed by atoms with Gasteiger partial charge in [0, 0.05) is 6.20 Å². The van der Waals surface area contributed by atoms with Crippen LogP contribution in [0.3, 0.4) is 0 Å². The van der Waals surface area contributed by atoms with E-state index in [4.69, 9.17) is 15.6 Å². The maximum atomic E-state index is 11.7. The predicted molar refractivity (Wildman–Crippen MR) is 66.9 cm³/mol. The Bertz CT molecular complexity index is 644. The van der Waals surface area contributed by atoms with Gasteiger partial charge in [0.2, 0.25) is 5.34 Å². The van der Waals surface area contributed by atoms with Crippen LogP contribution < -0.4 is 11.4 Å². The zero-order chi connectivity index (χ0) is 16.0. The molecule has 1 saturated heterocycles. The third-order valence-electron chi connectivity index (χ3n) is 3.24. The van der Waals surface area contributed by atoms with Gasteiger partial charge in [-0.1, -0.05) is 0 Å². The van der Waals surface area contributed by atoms with Crippen LogP contribution in [0.1, 0.15) is 6.23 Å². The average molecular weight is 323 g/mol. The number of ether oxygens (including phenoxy) is 1. The fourth-order valence-electron chi connectivity index (χ4n) is 2.12. The van der Waals surface area contributed by atoms with E-state index in [2.05, 4.69) is 4.98 Å². The molecule has 0 aromatic carbocycles. The molecule has 21 heavy (non-hydrogen) atoms. The summed E-state index contributed by atoms with van der Waals surface area (Å²) in [5, 5.41) is 26.1. The molecule has 1 aromatic heterocycles. The van der Waals surface area contributed by atoms with Gasteiger partial charge >= 0.3 is 13.3 Å². The zero-order valence-corrected chi connectivity index (χ0v) is 11.4. The number of rotatable bonds is 3. The van der Waals surface area contributed by atoms with Crippen molar-refractivity contribution in [2.24, 2.45) is 0 Å². The van der Waals surface area contributed by atoms with Crippen molar-refractivity contribution < 1.29 is 34.4 Å². The Morgan fingerprint density at radius 3 is 2.57 bits per heavy atom. The molecule has 11 nitrogen and oxygen atoms in total. The quantitative estimate of drug-likeness (QED) is 0.311. The lowest BCUT2D eigenvalue weighted by Gasteiger charge is -2.30. The molecule has 1 fully saturated rings. The highest BCUT2D eigenvalue weighted by atomic mass is 31.2. The predicted octanol–water partition coefficient (Wildman–Crippen LogP) is -3.06. The Morgan fingerprint density at radius 2 is 2.14 bits per heavy atom. The van der Waals surface area contributed by atoms with Crippen molar-refractivity contribution >= 4 is 13.4 Å². The smallest absolute Gasteiger partial charge is 0.362 e. The Kier molecular flexibility index (Phi) is 3.93. The first-order chi connectivity index (χ1) is 9.62. The molecule has 1 aromatic rings. The average Bonchev–Trinajstić information content (AvgIpc) is 2.63. The number of anilines is 1. The van der Waals surface area contributed by atoms with Gasteiger partial charge in [0.25, 0.3) is 0 Å². The molecule has 0 spiro atoms. The van der Waals surface area contributed by atoms with Gasteiger partial charge in [-0.15, -0.1) is 0 Å². The SMILES string of the molecule is Nc1ccn([C@@H]2O[C@H](CO)[C@@](O)(P(=O)(O)O)[C@@H]2O)c(=O)n1. The van der Waals surface area contributed by atoms with Crippen LogP contribution in [0.4, 0.5) is 5.82 Å². The second kappa shape index (κ2) is 5.14. The molecule has 0 radical (unpaired) electrons. The van der Waals surface area contributed by atoms with Gasteiger partial charge in [0.1, 0.15) is 18.0 Å².